The molecule has 132 valence electrons. The number of likely N-dealkylation sites (tertiary alicyclic amines) is 1. The van der Waals surface area contributed by atoms with E-state index in [-0.39, 0.29) is 5.91 Å². The highest BCUT2D eigenvalue weighted by atomic mass is 16.1. The number of nitrogens with one attached hydrogen (secondary N) is 2. The van der Waals surface area contributed by atoms with Gasteiger partial charge in [-0.2, -0.15) is 0 Å². The first-order valence-corrected chi connectivity index (χ1v) is 8.70. The lowest BCUT2D eigenvalue weighted by Gasteiger charge is -2.16. The van der Waals surface area contributed by atoms with E-state index in [0.717, 1.165) is 43.1 Å². The summed E-state index contributed by atoms with van der Waals surface area (Å²) in [6.07, 6.45) is 4.89. The first kappa shape index (κ1) is 17.4. The molecule has 1 saturated heterocycles. The molecule has 6 nitrogen and oxygen atoms in total. The Bertz CT molecular complexity index is 716. The Morgan fingerprint density at radius 3 is 2.80 bits per heavy atom. The molecule has 2 heterocycles. The molecular weight excluding hydrogens is 314 g/mol. The third kappa shape index (κ3) is 4.54. The standard InChI is InChI=1S/C19H25N5O/c1-14-21-10-16(11-22-14)13-24-8-7-15(12-24)9-23-19(25)17-5-3-4-6-18(17)20-2/h3-6,10-11,15,20H,7-9,12-13H2,1-2H3,(H,23,25)/t15-/m0/s1. The van der Waals surface area contributed by atoms with Crippen molar-refractivity contribution in [2.75, 3.05) is 32.0 Å². The number of nitrogens with zero attached hydrogens (tertiary/aromatic N) is 3. The van der Waals surface area contributed by atoms with Crippen molar-refractivity contribution < 1.29 is 4.79 Å². The number of aryl methyl sites for hydroxylation is 1. The number of para-hydroxylation sites is 1. The van der Waals surface area contributed by atoms with Crippen LogP contribution in [0.3, 0.4) is 0 Å². The fourth-order valence-electron chi connectivity index (χ4n) is 3.21. The highest BCUT2D eigenvalue weighted by molar-refractivity contribution is 5.99. The summed E-state index contributed by atoms with van der Waals surface area (Å²) in [5.41, 5.74) is 2.68. The van der Waals surface area contributed by atoms with Crippen LogP contribution < -0.4 is 10.6 Å². The van der Waals surface area contributed by atoms with Crippen LogP contribution in [-0.4, -0.2) is 47.5 Å². The molecule has 1 atom stereocenters. The van der Waals surface area contributed by atoms with Crippen molar-refractivity contribution in [1.29, 1.82) is 0 Å². The second-order valence-corrected chi connectivity index (χ2v) is 6.53. The van der Waals surface area contributed by atoms with Crippen molar-refractivity contribution in [2.45, 2.75) is 19.9 Å². The smallest absolute Gasteiger partial charge is 0.253 e. The molecule has 1 amide bonds. The van der Waals surface area contributed by atoms with Crippen molar-refractivity contribution in [1.82, 2.24) is 20.2 Å². The minimum Gasteiger partial charge on any atom is -0.387 e. The largest absolute Gasteiger partial charge is 0.387 e. The lowest BCUT2D eigenvalue weighted by molar-refractivity contribution is 0.0948. The van der Waals surface area contributed by atoms with Crippen LogP contribution >= 0.6 is 0 Å². The van der Waals surface area contributed by atoms with Crippen LogP contribution in [-0.2, 0) is 6.54 Å². The summed E-state index contributed by atoms with van der Waals surface area (Å²) in [4.78, 5) is 23.3. The first-order chi connectivity index (χ1) is 12.2. The summed E-state index contributed by atoms with van der Waals surface area (Å²) in [6.45, 7) is 5.50. The Labute approximate surface area is 148 Å². The van der Waals surface area contributed by atoms with Gasteiger partial charge in [0.1, 0.15) is 5.82 Å². The Balaban J connectivity index is 1.48. The molecule has 0 radical (unpaired) electrons. The highest BCUT2D eigenvalue weighted by Crippen LogP contribution is 2.19. The van der Waals surface area contributed by atoms with E-state index in [1.165, 1.54) is 0 Å². The van der Waals surface area contributed by atoms with Crippen molar-refractivity contribution in [3.63, 3.8) is 0 Å². The van der Waals surface area contributed by atoms with Crippen molar-refractivity contribution >= 4 is 11.6 Å². The fraction of sp³-hybridized carbons (Fsp3) is 0.421. The van der Waals surface area contributed by atoms with E-state index >= 15 is 0 Å². The maximum Gasteiger partial charge on any atom is 0.253 e. The predicted octanol–water partition coefficient (Wildman–Crippen LogP) is 2.08. The third-order valence-corrected chi connectivity index (χ3v) is 4.60. The SMILES string of the molecule is CNc1ccccc1C(=O)NC[C@@H]1CCN(Cc2cnc(C)nc2)C1. The van der Waals surface area contributed by atoms with Gasteiger partial charge in [-0.3, -0.25) is 9.69 Å². The molecule has 1 fully saturated rings. The summed E-state index contributed by atoms with van der Waals surface area (Å²) in [5.74, 6) is 1.26. The number of anilines is 1. The summed E-state index contributed by atoms with van der Waals surface area (Å²) in [7, 11) is 1.83. The zero-order chi connectivity index (χ0) is 17.6. The molecule has 25 heavy (non-hydrogen) atoms. The summed E-state index contributed by atoms with van der Waals surface area (Å²) in [5, 5.41) is 6.14. The van der Waals surface area contributed by atoms with Crippen LogP contribution in [0.1, 0.15) is 28.2 Å². The van der Waals surface area contributed by atoms with Gasteiger partial charge in [0.2, 0.25) is 0 Å². The van der Waals surface area contributed by atoms with Gasteiger partial charge in [0.05, 0.1) is 5.56 Å². The Hall–Kier alpha value is -2.47. The number of carbonyl (C=O) groups excluding carboxylic acids is 1. The molecule has 2 aromatic rings. The molecule has 0 aliphatic carbocycles. The Kier molecular flexibility index (Phi) is 5.60. The van der Waals surface area contributed by atoms with Crippen molar-refractivity contribution in [2.24, 2.45) is 5.92 Å². The number of rotatable bonds is 6. The number of benzene rings is 1. The van der Waals surface area contributed by atoms with Crippen LogP contribution in [0.15, 0.2) is 36.7 Å². The molecule has 3 rings (SSSR count). The molecule has 1 aromatic heterocycles. The fourth-order valence-corrected chi connectivity index (χ4v) is 3.21. The summed E-state index contributed by atoms with van der Waals surface area (Å²) >= 11 is 0. The molecule has 0 saturated carbocycles. The lowest BCUT2D eigenvalue weighted by atomic mass is 10.1. The normalized spacial score (nSPS) is 17.4. The number of hydrogen-bond acceptors (Lipinski definition) is 5. The van der Waals surface area contributed by atoms with Crippen molar-refractivity contribution in [3.8, 4) is 0 Å². The number of hydrogen-bond donors (Lipinski definition) is 2. The van der Waals surface area contributed by atoms with Gasteiger partial charge in [-0.25, -0.2) is 9.97 Å². The van der Waals surface area contributed by atoms with Gasteiger partial charge in [0.15, 0.2) is 0 Å². The van der Waals surface area contributed by atoms with Gasteiger partial charge >= 0.3 is 0 Å². The van der Waals surface area contributed by atoms with E-state index in [4.69, 9.17) is 0 Å². The van der Waals surface area contributed by atoms with Gasteiger partial charge in [0.25, 0.3) is 5.91 Å². The summed E-state index contributed by atoms with van der Waals surface area (Å²) in [6, 6.07) is 7.57. The topological polar surface area (TPSA) is 70.2 Å². The average Bonchev–Trinajstić information content (AvgIpc) is 3.09. The second kappa shape index (κ2) is 8.07. The minimum absolute atomic E-state index is 0.0182. The van der Waals surface area contributed by atoms with Crippen LogP contribution in [0.5, 0.6) is 0 Å². The van der Waals surface area contributed by atoms with E-state index in [1.807, 2.05) is 50.6 Å². The van der Waals surface area contributed by atoms with Gasteiger partial charge in [-0.15, -0.1) is 0 Å². The van der Waals surface area contributed by atoms with Gasteiger partial charge in [-0.05, 0) is 37.9 Å². The molecule has 2 N–H and O–H groups in total. The Morgan fingerprint density at radius 2 is 2.04 bits per heavy atom. The van der Waals surface area contributed by atoms with Crippen molar-refractivity contribution in [3.05, 3.63) is 53.6 Å². The molecule has 0 spiro atoms. The maximum atomic E-state index is 12.4. The third-order valence-electron chi connectivity index (χ3n) is 4.60. The monoisotopic (exact) mass is 339 g/mol. The van der Waals surface area contributed by atoms with Gasteiger partial charge in [0, 0.05) is 50.3 Å². The molecule has 1 aliphatic heterocycles. The van der Waals surface area contributed by atoms with E-state index in [0.29, 0.717) is 18.0 Å². The molecule has 1 aromatic carbocycles. The highest BCUT2D eigenvalue weighted by Gasteiger charge is 2.23. The van der Waals surface area contributed by atoms with E-state index < -0.39 is 0 Å². The molecular formula is C19H25N5O. The quantitative estimate of drug-likeness (QED) is 0.843. The zero-order valence-electron chi connectivity index (χ0n) is 14.8. The first-order valence-electron chi connectivity index (χ1n) is 8.70. The second-order valence-electron chi connectivity index (χ2n) is 6.53. The maximum absolute atomic E-state index is 12.4. The lowest BCUT2D eigenvalue weighted by Crippen LogP contribution is -2.31. The van der Waals surface area contributed by atoms with Gasteiger partial charge in [-0.1, -0.05) is 12.1 Å². The van der Waals surface area contributed by atoms with E-state index in [9.17, 15) is 4.79 Å². The Morgan fingerprint density at radius 1 is 1.28 bits per heavy atom. The number of carbonyl (C=O) groups is 1. The van der Waals surface area contributed by atoms with Crippen LogP contribution in [0.4, 0.5) is 5.69 Å². The molecule has 1 aliphatic rings. The minimum atomic E-state index is -0.0182. The van der Waals surface area contributed by atoms with Crippen LogP contribution in [0.2, 0.25) is 0 Å². The van der Waals surface area contributed by atoms with E-state index in [1.54, 1.807) is 0 Å². The number of aromatic nitrogens is 2. The predicted molar refractivity (Wildman–Crippen MR) is 98.5 cm³/mol. The van der Waals surface area contributed by atoms with Gasteiger partial charge < -0.3 is 10.6 Å². The average molecular weight is 339 g/mol. The van der Waals surface area contributed by atoms with Crippen LogP contribution in [0, 0.1) is 12.8 Å². The molecule has 0 unspecified atom stereocenters. The summed E-state index contributed by atoms with van der Waals surface area (Å²) < 4.78 is 0. The number of amides is 1. The molecule has 0 bridgehead atoms. The zero-order valence-corrected chi connectivity index (χ0v) is 14.8. The van der Waals surface area contributed by atoms with Crippen LogP contribution in [0.25, 0.3) is 0 Å². The molecule has 6 heteroatoms. The van der Waals surface area contributed by atoms with E-state index in [2.05, 4.69) is 25.5 Å².